The Balaban J connectivity index is 0.00000200. The smallest absolute Gasteiger partial charge is 1.00 e. The summed E-state index contributed by atoms with van der Waals surface area (Å²) in [5.41, 5.74) is 0. The molecule has 0 nitrogen and oxygen atoms in total. The van der Waals surface area contributed by atoms with Gasteiger partial charge in [-0.2, -0.15) is 0 Å². The van der Waals surface area contributed by atoms with E-state index >= 15 is 0 Å². The van der Waals surface area contributed by atoms with Crippen LogP contribution in [0.5, 0.6) is 0 Å². The maximum Gasteiger partial charge on any atom is -1.00 e. The number of rotatable bonds is 4. The van der Waals surface area contributed by atoms with E-state index in [1.165, 1.54) is 12.8 Å². The third kappa shape index (κ3) is 3.84. The van der Waals surface area contributed by atoms with Gasteiger partial charge in [0.05, 0.1) is 0 Å². The molecular weight excluding hydrogens is 423 g/mol. The fourth-order valence-electron chi connectivity index (χ4n) is 2.35. The minimum atomic E-state index is -1.16. The van der Waals surface area contributed by atoms with E-state index in [1.54, 1.807) is 14.0 Å². The molecule has 0 fully saturated rings. The summed E-state index contributed by atoms with van der Waals surface area (Å²) in [6.07, 6.45) is 12.1. The zero-order valence-corrected chi connectivity index (χ0v) is 16.6. The van der Waals surface area contributed by atoms with Crippen molar-refractivity contribution in [2.24, 2.45) is 0 Å². The van der Waals surface area contributed by atoms with E-state index in [2.05, 4.69) is 63.6 Å². The Morgan fingerprint density at radius 2 is 1.16 bits per heavy atom. The van der Waals surface area contributed by atoms with Crippen LogP contribution in [0.1, 0.15) is 14.3 Å². The Labute approximate surface area is 140 Å². The number of hydrogen-bond acceptors (Lipinski definition) is 0. The van der Waals surface area contributed by atoms with Gasteiger partial charge in [-0.3, -0.25) is 0 Å². The van der Waals surface area contributed by atoms with Crippen LogP contribution in [0.2, 0.25) is 39.3 Å². The van der Waals surface area contributed by atoms with Gasteiger partial charge in [0.25, 0.3) is 0 Å². The van der Waals surface area contributed by atoms with Gasteiger partial charge in [0.2, 0.25) is 0 Å². The molecule has 0 aromatic heterocycles. The molecule has 2 rings (SSSR count). The van der Waals surface area contributed by atoms with Crippen molar-refractivity contribution in [1.29, 1.82) is 0 Å². The second-order valence-electron chi connectivity index (χ2n) is 7.27. The molecule has 0 aromatic carbocycles. The molecule has 0 saturated carbocycles. The summed E-state index contributed by atoms with van der Waals surface area (Å²) < 4.78 is 3.52. The Morgan fingerprint density at radius 1 is 0.789 bits per heavy atom. The minimum absolute atomic E-state index is 0. The zero-order valence-electron chi connectivity index (χ0n) is 14.0. The van der Waals surface area contributed by atoms with Crippen LogP contribution in [-0.2, 0) is 0 Å². The average molecular weight is 451 g/mol. The number of hydrogen-bond donors (Lipinski definition) is 0. The van der Waals surface area contributed by atoms with Crippen LogP contribution in [0.3, 0.4) is 0 Å². The second kappa shape index (κ2) is 5.79. The zero-order chi connectivity index (χ0) is 14.3. The summed E-state index contributed by atoms with van der Waals surface area (Å²) in [5, 5.41) is 3.46. The van der Waals surface area contributed by atoms with Gasteiger partial charge in [0, 0.05) is 0 Å². The van der Waals surface area contributed by atoms with E-state index in [-0.39, 0.29) is 1.43 Å². The quantitative estimate of drug-likeness (QED) is 0.506. The van der Waals surface area contributed by atoms with Crippen molar-refractivity contribution >= 4 is 16.1 Å². The molecule has 0 heterocycles. The van der Waals surface area contributed by atoms with Crippen LogP contribution in [0.15, 0.2) is 38.3 Å². The third-order valence-corrected chi connectivity index (χ3v) is 10.9. The van der Waals surface area contributed by atoms with Crippen molar-refractivity contribution in [3.8, 4) is 0 Å². The van der Waals surface area contributed by atoms with E-state index < -0.39 is 16.1 Å². The normalized spacial score (nSPS) is 20.3. The van der Waals surface area contributed by atoms with Crippen LogP contribution < -0.4 is 0 Å². The summed E-state index contributed by atoms with van der Waals surface area (Å²) in [4.78, 5) is 0. The molecule has 2 aliphatic rings. The van der Waals surface area contributed by atoms with E-state index in [0.29, 0.717) is 0 Å². The molecule has 19 heavy (non-hydrogen) atoms. The van der Waals surface area contributed by atoms with Crippen LogP contribution in [0.25, 0.3) is 0 Å². The van der Waals surface area contributed by atoms with E-state index in [0.717, 1.165) is 33.0 Å². The van der Waals surface area contributed by atoms with Crippen molar-refractivity contribution in [2.45, 2.75) is 52.1 Å². The molecule has 0 aliphatic heterocycles. The Kier molecular flexibility index (Phi) is 4.87. The van der Waals surface area contributed by atoms with Crippen molar-refractivity contribution in [1.82, 2.24) is 0 Å². The third-order valence-electron chi connectivity index (χ3n) is 3.41. The molecule has 3 heteroatoms. The van der Waals surface area contributed by atoms with Crippen LogP contribution in [-0.4, -0.2) is 16.1 Å². The van der Waals surface area contributed by atoms with Gasteiger partial charge < -0.3 is 1.43 Å². The topological polar surface area (TPSA) is 0 Å². The minimum Gasteiger partial charge on any atom is -1.00 e. The first-order valence-corrected chi connectivity index (χ1v) is 15.7. The molecular formula is C16H27LuSi2. The summed E-state index contributed by atoms with van der Waals surface area (Å²) >= 11 is 0.809. The fourth-order valence-corrected chi connectivity index (χ4v) is 11.5. The maximum absolute atomic E-state index is 2.48. The molecule has 0 N–H and O–H groups in total. The molecule has 0 unspecified atom stereocenters. The molecule has 0 aromatic rings. The molecule has 0 amide bonds. The van der Waals surface area contributed by atoms with Crippen molar-refractivity contribution in [2.75, 3.05) is 0 Å². The Hall–Kier alpha value is 0.628. The van der Waals surface area contributed by atoms with Crippen molar-refractivity contribution in [3.05, 3.63) is 38.3 Å². The van der Waals surface area contributed by atoms with Gasteiger partial charge in [0.1, 0.15) is 0 Å². The van der Waals surface area contributed by atoms with Gasteiger partial charge in [-0.15, -0.1) is 0 Å². The van der Waals surface area contributed by atoms with E-state index in [1.807, 2.05) is 0 Å². The monoisotopic (exact) mass is 450 g/mol. The van der Waals surface area contributed by atoms with Crippen LogP contribution in [0.4, 0.5) is 0 Å². The van der Waals surface area contributed by atoms with Crippen LogP contribution >= 0.6 is 0 Å². The first-order valence-electron chi connectivity index (χ1n) is 7.03. The van der Waals surface area contributed by atoms with Crippen molar-refractivity contribution < 1.29 is 34.5 Å². The van der Waals surface area contributed by atoms with Gasteiger partial charge in [0.15, 0.2) is 0 Å². The first kappa shape index (κ1) is 16.0. The largest absolute Gasteiger partial charge is 1.00 e. The summed E-state index contributed by atoms with van der Waals surface area (Å²) in [7, 11) is -2.31. The van der Waals surface area contributed by atoms with Crippen LogP contribution in [0, 0.1) is 33.0 Å². The predicted molar refractivity (Wildman–Crippen MR) is 89.4 cm³/mol. The van der Waals surface area contributed by atoms with Gasteiger partial charge in [-0.1, -0.05) is 0 Å². The Bertz CT molecular complexity index is 454. The summed E-state index contributed by atoms with van der Waals surface area (Å²) in [5.74, 6) is 0. The molecule has 0 bridgehead atoms. The van der Waals surface area contributed by atoms with E-state index in [4.69, 9.17) is 0 Å². The van der Waals surface area contributed by atoms with E-state index in [9.17, 15) is 0 Å². The fraction of sp³-hybridized carbons (Fsp3) is 0.500. The van der Waals surface area contributed by atoms with Crippen molar-refractivity contribution in [3.63, 3.8) is 0 Å². The molecule has 0 radical (unpaired) electrons. The molecule has 0 spiro atoms. The Morgan fingerprint density at radius 3 is 1.47 bits per heavy atom. The SMILES string of the molecule is C[Si](C)(C)C1=[C]([Lu+][C]2=C([Si](C)(C)C)C=CC2)CC=C1.[H-]. The molecule has 2 aliphatic carbocycles. The average Bonchev–Trinajstić information content (AvgIpc) is 2.83. The second-order valence-corrected chi connectivity index (χ2v) is 19.8. The number of allylic oxidation sites excluding steroid dienone is 8. The maximum atomic E-state index is 2.48. The van der Waals surface area contributed by atoms with Gasteiger partial charge in [-0.05, 0) is 0 Å². The predicted octanol–water partition coefficient (Wildman–Crippen LogP) is 5.37. The molecule has 114 valence electrons. The molecule has 0 atom stereocenters. The first-order chi connectivity index (χ1) is 8.69. The summed E-state index contributed by atoms with van der Waals surface area (Å²) in [6.45, 7) is 14.9. The molecule has 0 saturated heterocycles. The van der Waals surface area contributed by atoms with Gasteiger partial charge >= 0.3 is 140 Å². The summed E-state index contributed by atoms with van der Waals surface area (Å²) in [6, 6.07) is 0. The standard InChI is InChI=1S/2C8H13Si.Lu.H/c2*1-9(2,3)8-6-4-5-7-8;;/h2*4,6H,5H2,1-3H3;;/q;;+1;-1. The van der Waals surface area contributed by atoms with Gasteiger partial charge in [-0.25, -0.2) is 0 Å².